The Hall–Kier alpha value is -1.91. The molecule has 0 saturated heterocycles. The molecule has 1 aromatic carbocycles. The quantitative estimate of drug-likeness (QED) is 0.570. The number of phenols is 1. The van der Waals surface area contributed by atoms with E-state index in [1.807, 2.05) is 0 Å². The highest BCUT2D eigenvalue weighted by molar-refractivity contribution is 7.94. The average Bonchev–Trinajstić information content (AvgIpc) is 2.81. The number of hydrogen-bond donors (Lipinski definition) is 3. The van der Waals surface area contributed by atoms with Crippen LogP contribution >= 0.6 is 22.9 Å². The van der Waals surface area contributed by atoms with E-state index < -0.39 is 15.9 Å². The van der Waals surface area contributed by atoms with Crippen LogP contribution in [0.2, 0.25) is 5.02 Å². The van der Waals surface area contributed by atoms with Gasteiger partial charge in [-0.05, 0) is 12.1 Å². The maximum absolute atomic E-state index is 12.1. The van der Waals surface area contributed by atoms with Crippen molar-refractivity contribution in [2.75, 3.05) is 10.0 Å². The Bertz CT molecular complexity index is 790. The highest BCUT2D eigenvalue weighted by Gasteiger charge is 2.22. The highest BCUT2D eigenvalue weighted by atomic mass is 35.5. The largest absolute Gasteiger partial charge is 0.506 e. The summed E-state index contributed by atoms with van der Waals surface area (Å²) in [5.74, 6) is -0.712. The van der Waals surface area contributed by atoms with Gasteiger partial charge in [0.05, 0.1) is 5.69 Å². The lowest BCUT2D eigenvalue weighted by Crippen LogP contribution is -2.12. The molecular weight excluding hydrogens is 340 g/mol. The standard InChI is InChI=1S/C10H9ClN4O4S2/c1-5(16)12-9-13-14-10(20-9)21(18,19)15-7-3-2-6(11)4-8(7)17/h2-4,15,17H,1H3,(H,12,13,16). The number of benzene rings is 1. The molecule has 0 aliphatic heterocycles. The van der Waals surface area contributed by atoms with E-state index in [1.165, 1.54) is 25.1 Å². The number of nitrogens with one attached hydrogen (secondary N) is 2. The van der Waals surface area contributed by atoms with Crippen LogP contribution < -0.4 is 10.0 Å². The zero-order chi connectivity index (χ0) is 15.6. The Balaban J connectivity index is 2.25. The Kier molecular flexibility index (Phi) is 4.30. The number of carbonyl (C=O) groups is 1. The van der Waals surface area contributed by atoms with Crippen molar-refractivity contribution in [3.8, 4) is 5.75 Å². The maximum atomic E-state index is 12.1. The van der Waals surface area contributed by atoms with E-state index in [0.717, 1.165) is 0 Å². The molecule has 3 N–H and O–H groups in total. The van der Waals surface area contributed by atoms with Crippen LogP contribution in [0.3, 0.4) is 0 Å². The van der Waals surface area contributed by atoms with Gasteiger partial charge in [0, 0.05) is 18.0 Å². The average molecular weight is 349 g/mol. The molecule has 0 saturated carbocycles. The molecule has 0 fully saturated rings. The number of aromatic hydroxyl groups is 1. The first-order valence-corrected chi connectivity index (χ1v) is 8.08. The third-order valence-corrected chi connectivity index (χ3v) is 4.93. The summed E-state index contributed by atoms with van der Waals surface area (Å²) in [7, 11) is -4.02. The lowest BCUT2D eigenvalue weighted by Gasteiger charge is -2.07. The molecule has 1 amide bonds. The molecule has 0 radical (unpaired) electrons. The molecule has 0 bridgehead atoms. The molecule has 2 rings (SSSR count). The van der Waals surface area contributed by atoms with Crippen molar-refractivity contribution >= 4 is 49.7 Å². The van der Waals surface area contributed by atoms with Gasteiger partial charge >= 0.3 is 0 Å². The summed E-state index contributed by atoms with van der Waals surface area (Å²) >= 11 is 6.34. The second-order valence-corrected chi connectivity index (χ2v) is 7.09. The van der Waals surface area contributed by atoms with Crippen molar-refractivity contribution in [1.82, 2.24) is 10.2 Å². The summed E-state index contributed by atoms with van der Waals surface area (Å²) in [5.41, 5.74) is -0.0457. The van der Waals surface area contributed by atoms with Gasteiger partial charge in [0.1, 0.15) is 5.75 Å². The first-order valence-electron chi connectivity index (χ1n) is 5.40. The summed E-state index contributed by atoms with van der Waals surface area (Å²) in [6.07, 6.45) is 0. The maximum Gasteiger partial charge on any atom is 0.291 e. The SMILES string of the molecule is CC(=O)Nc1nnc(S(=O)(=O)Nc2ccc(Cl)cc2O)s1. The predicted octanol–water partition coefficient (Wildman–Crippen LogP) is 1.66. The van der Waals surface area contributed by atoms with Crippen LogP contribution in [0, 0.1) is 0 Å². The van der Waals surface area contributed by atoms with Crippen LogP contribution in [0.4, 0.5) is 10.8 Å². The minimum atomic E-state index is -4.02. The zero-order valence-corrected chi connectivity index (χ0v) is 12.9. The van der Waals surface area contributed by atoms with E-state index in [2.05, 4.69) is 20.2 Å². The first kappa shape index (κ1) is 15.5. The summed E-state index contributed by atoms with van der Waals surface area (Å²) in [6.45, 7) is 1.26. The van der Waals surface area contributed by atoms with E-state index in [4.69, 9.17) is 11.6 Å². The number of halogens is 1. The number of phenolic OH excluding ortho intramolecular Hbond substituents is 1. The number of rotatable bonds is 4. The molecule has 8 nitrogen and oxygen atoms in total. The summed E-state index contributed by atoms with van der Waals surface area (Å²) < 4.78 is 26.0. The van der Waals surface area contributed by atoms with Gasteiger partial charge < -0.3 is 10.4 Å². The summed E-state index contributed by atoms with van der Waals surface area (Å²) in [5, 5.41) is 19.3. The smallest absolute Gasteiger partial charge is 0.291 e. The molecular formula is C10H9ClN4O4S2. The number of aromatic nitrogens is 2. The van der Waals surface area contributed by atoms with Gasteiger partial charge in [-0.25, -0.2) is 0 Å². The highest BCUT2D eigenvalue weighted by Crippen LogP contribution is 2.29. The van der Waals surface area contributed by atoms with Crippen molar-refractivity contribution in [2.45, 2.75) is 11.3 Å². The van der Waals surface area contributed by atoms with E-state index >= 15 is 0 Å². The Labute approximate surface area is 128 Å². The van der Waals surface area contributed by atoms with Crippen LogP contribution in [-0.2, 0) is 14.8 Å². The van der Waals surface area contributed by atoms with Gasteiger partial charge in [0.25, 0.3) is 14.4 Å². The number of anilines is 2. The minimum Gasteiger partial charge on any atom is -0.506 e. The number of amides is 1. The normalized spacial score (nSPS) is 11.1. The number of carbonyl (C=O) groups excluding carboxylic acids is 1. The van der Waals surface area contributed by atoms with Gasteiger partial charge in [-0.2, -0.15) is 8.42 Å². The van der Waals surface area contributed by atoms with E-state index in [1.54, 1.807) is 0 Å². The zero-order valence-electron chi connectivity index (χ0n) is 10.5. The molecule has 11 heteroatoms. The fourth-order valence-electron chi connectivity index (χ4n) is 1.30. The second kappa shape index (κ2) is 5.84. The Morgan fingerprint density at radius 3 is 2.71 bits per heavy atom. The van der Waals surface area contributed by atoms with Gasteiger partial charge in [-0.15, -0.1) is 10.2 Å². The number of sulfonamides is 1. The van der Waals surface area contributed by atoms with Crippen molar-refractivity contribution in [2.24, 2.45) is 0 Å². The molecule has 21 heavy (non-hydrogen) atoms. The van der Waals surface area contributed by atoms with Crippen molar-refractivity contribution in [1.29, 1.82) is 0 Å². The topological polar surface area (TPSA) is 121 Å². The summed E-state index contributed by atoms with van der Waals surface area (Å²) in [6, 6.07) is 3.93. The molecule has 0 spiro atoms. The van der Waals surface area contributed by atoms with Crippen LogP contribution in [0.1, 0.15) is 6.92 Å². The van der Waals surface area contributed by atoms with Gasteiger partial charge in [-0.1, -0.05) is 22.9 Å². The third-order valence-electron chi connectivity index (χ3n) is 2.12. The van der Waals surface area contributed by atoms with E-state index in [0.29, 0.717) is 11.3 Å². The van der Waals surface area contributed by atoms with Crippen LogP contribution in [0.25, 0.3) is 0 Å². The molecule has 112 valence electrons. The van der Waals surface area contributed by atoms with Crippen LogP contribution in [0.5, 0.6) is 5.75 Å². The fourth-order valence-corrected chi connectivity index (χ4v) is 3.49. The van der Waals surface area contributed by atoms with Crippen molar-refractivity contribution in [3.05, 3.63) is 23.2 Å². The van der Waals surface area contributed by atoms with Gasteiger partial charge in [-0.3, -0.25) is 9.52 Å². The van der Waals surface area contributed by atoms with Crippen LogP contribution in [0.15, 0.2) is 22.5 Å². The van der Waals surface area contributed by atoms with Gasteiger partial charge in [0.15, 0.2) is 0 Å². The Morgan fingerprint density at radius 1 is 1.38 bits per heavy atom. The summed E-state index contributed by atoms with van der Waals surface area (Å²) in [4.78, 5) is 10.9. The minimum absolute atomic E-state index is 0.0457. The molecule has 1 heterocycles. The molecule has 0 aliphatic carbocycles. The number of hydrogen-bond acceptors (Lipinski definition) is 7. The monoisotopic (exact) mass is 348 g/mol. The Morgan fingerprint density at radius 2 is 2.10 bits per heavy atom. The first-order chi connectivity index (χ1) is 9.78. The molecule has 1 aromatic heterocycles. The molecule has 0 atom stereocenters. The lowest BCUT2D eigenvalue weighted by atomic mass is 10.3. The van der Waals surface area contributed by atoms with Crippen molar-refractivity contribution < 1.29 is 18.3 Å². The van der Waals surface area contributed by atoms with Gasteiger partial charge in [0.2, 0.25) is 11.0 Å². The van der Waals surface area contributed by atoms with Crippen LogP contribution in [-0.4, -0.2) is 29.6 Å². The van der Waals surface area contributed by atoms with E-state index in [9.17, 15) is 18.3 Å². The predicted molar refractivity (Wildman–Crippen MR) is 78.1 cm³/mol. The third kappa shape index (κ3) is 3.80. The van der Waals surface area contributed by atoms with E-state index in [-0.39, 0.29) is 25.9 Å². The second-order valence-electron chi connectivity index (χ2n) is 3.82. The molecule has 0 aliphatic rings. The molecule has 2 aromatic rings. The van der Waals surface area contributed by atoms with Crippen molar-refractivity contribution in [3.63, 3.8) is 0 Å². The lowest BCUT2D eigenvalue weighted by molar-refractivity contribution is -0.114. The molecule has 0 unspecified atom stereocenters. The fraction of sp³-hybridized carbons (Fsp3) is 0.100. The number of nitrogens with zero attached hydrogens (tertiary/aromatic N) is 2.